The van der Waals surface area contributed by atoms with E-state index in [4.69, 9.17) is 4.74 Å². The fourth-order valence-electron chi connectivity index (χ4n) is 5.27. The first-order chi connectivity index (χ1) is 10.7. The third kappa shape index (κ3) is 2.51. The molecule has 5 rings (SSSR count). The summed E-state index contributed by atoms with van der Waals surface area (Å²) in [6.45, 7) is 2.26. The van der Waals surface area contributed by atoms with Gasteiger partial charge in [0.2, 0.25) is 0 Å². The summed E-state index contributed by atoms with van der Waals surface area (Å²) in [5.74, 6) is 3.50. The molecule has 0 spiro atoms. The molecule has 0 saturated heterocycles. The highest BCUT2D eigenvalue weighted by atomic mass is 16.5. The molecule has 0 heterocycles. The van der Waals surface area contributed by atoms with Crippen LogP contribution in [0.15, 0.2) is 24.3 Å². The largest absolute Gasteiger partial charge is 0.462 e. The van der Waals surface area contributed by atoms with E-state index >= 15 is 0 Å². The van der Waals surface area contributed by atoms with E-state index in [1.54, 1.807) is 0 Å². The Bertz CT molecular complexity index is 523. The fourth-order valence-corrected chi connectivity index (χ4v) is 5.27. The van der Waals surface area contributed by atoms with Gasteiger partial charge in [-0.1, -0.05) is 0 Å². The summed E-state index contributed by atoms with van der Waals surface area (Å²) >= 11 is 0. The molecule has 3 nitrogen and oxygen atoms in total. The zero-order valence-electron chi connectivity index (χ0n) is 13.3. The van der Waals surface area contributed by atoms with Crippen molar-refractivity contribution in [3.8, 4) is 0 Å². The third-order valence-electron chi connectivity index (χ3n) is 5.96. The zero-order chi connectivity index (χ0) is 15.1. The number of ether oxygens (including phenoxy) is 1. The average molecular weight is 299 g/mol. The Morgan fingerprint density at radius 1 is 1.05 bits per heavy atom. The normalized spacial score (nSPS) is 35.4. The molecule has 0 aromatic heterocycles. The van der Waals surface area contributed by atoms with Gasteiger partial charge in [0.25, 0.3) is 0 Å². The van der Waals surface area contributed by atoms with Crippen molar-refractivity contribution in [2.45, 2.75) is 45.1 Å². The van der Waals surface area contributed by atoms with Gasteiger partial charge in [-0.25, -0.2) is 4.79 Å². The summed E-state index contributed by atoms with van der Waals surface area (Å²) in [6, 6.07) is 8.43. The van der Waals surface area contributed by atoms with Gasteiger partial charge in [0.1, 0.15) is 0 Å². The van der Waals surface area contributed by atoms with Crippen molar-refractivity contribution >= 4 is 11.7 Å². The summed E-state index contributed by atoms with van der Waals surface area (Å²) in [6.07, 6.45) is 7.18. The van der Waals surface area contributed by atoms with Gasteiger partial charge < -0.3 is 10.1 Å². The number of nitrogens with one attached hydrogen (secondary N) is 1. The Morgan fingerprint density at radius 2 is 1.64 bits per heavy atom. The number of hydrogen-bond acceptors (Lipinski definition) is 3. The number of rotatable bonds is 4. The first-order valence-corrected chi connectivity index (χ1v) is 8.76. The van der Waals surface area contributed by atoms with E-state index in [1.807, 2.05) is 31.2 Å². The molecule has 0 unspecified atom stereocenters. The number of hydrogen-bond donors (Lipinski definition) is 1. The van der Waals surface area contributed by atoms with Crippen molar-refractivity contribution in [2.24, 2.45) is 23.7 Å². The van der Waals surface area contributed by atoms with Crippen molar-refractivity contribution in [1.29, 1.82) is 0 Å². The van der Waals surface area contributed by atoms with Gasteiger partial charge >= 0.3 is 5.97 Å². The number of carbonyl (C=O) groups excluding carboxylic acids is 1. The van der Waals surface area contributed by atoms with Crippen LogP contribution in [0.25, 0.3) is 0 Å². The van der Waals surface area contributed by atoms with Crippen LogP contribution in [0, 0.1) is 23.7 Å². The summed E-state index contributed by atoms with van der Waals surface area (Å²) < 4.78 is 5.04. The highest BCUT2D eigenvalue weighted by Gasteiger charge is 2.48. The molecule has 0 atom stereocenters. The van der Waals surface area contributed by atoms with Gasteiger partial charge in [0, 0.05) is 11.7 Å². The summed E-state index contributed by atoms with van der Waals surface area (Å²) in [5.41, 5.74) is 1.78. The molecule has 0 amide bonds. The second kappa shape index (κ2) is 5.60. The van der Waals surface area contributed by atoms with E-state index in [0.29, 0.717) is 18.2 Å². The Balaban J connectivity index is 1.44. The van der Waals surface area contributed by atoms with Gasteiger partial charge in [0.15, 0.2) is 0 Å². The van der Waals surface area contributed by atoms with Crippen LogP contribution in [0.1, 0.15) is 49.4 Å². The third-order valence-corrected chi connectivity index (χ3v) is 5.96. The summed E-state index contributed by atoms with van der Waals surface area (Å²) in [7, 11) is 0. The molecule has 22 heavy (non-hydrogen) atoms. The van der Waals surface area contributed by atoms with Crippen molar-refractivity contribution in [1.82, 2.24) is 0 Å². The predicted octanol–water partition coefficient (Wildman–Crippen LogP) is 4.10. The van der Waals surface area contributed by atoms with Gasteiger partial charge in [-0.2, -0.15) is 0 Å². The summed E-state index contributed by atoms with van der Waals surface area (Å²) in [4.78, 5) is 11.7. The smallest absolute Gasteiger partial charge is 0.338 e. The second-order valence-electron chi connectivity index (χ2n) is 7.40. The van der Waals surface area contributed by atoms with Crippen LogP contribution < -0.4 is 5.32 Å². The average Bonchev–Trinajstić information content (AvgIpc) is 2.51. The maximum atomic E-state index is 11.7. The quantitative estimate of drug-likeness (QED) is 0.851. The van der Waals surface area contributed by atoms with Crippen LogP contribution in [0.3, 0.4) is 0 Å². The van der Waals surface area contributed by atoms with E-state index in [0.717, 1.165) is 29.4 Å². The van der Waals surface area contributed by atoms with Crippen LogP contribution >= 0.6 is 0 Å². The van der Waals surface area contributed by atoms with E-state index in [2.05, 4.69) is 5.32 Å². The molecule has 4 bridgehead atoms. The molecule has 0 radical (unpaired) electrons. The van der Waals surface area contributed by atoms with Gasteiger partial charge in [0.05, 0.1) is 12.2 Å². The maximum absolute atomic E-state index is 11.7. The van der Waals surface area contributed by atoms with E-state index in [9.17, 15) is 4.79 Å². The molecule has 1 aromatic rings. The minimum Gasteiger partial charge on any atom is -0.462 e. The predicted molar refractivity (Wildman–Crippen MR) is 86.9 cm³/mol. The molecule has 1 aromatic carbocycles. The Labute approximate surface area is 132 Å². The number of anilines is 1. The zero-order valence-corrected chi connectivity index (χ0v) is 13.3. The van der Waals surface area contributed by atoms with Crippen LogP contribution in [-0.4, -0.2) is 18.6 Å². The molecular weight excluding hydrogens is 274 g/mol. The van der Waals surface area contributed by atoms with E-state index in [1.165, 1.54) is 32.1 Å². The number of benzene rings is 1. The van der Waals surface area contributed by atoms with Crippen LogP contribution in [0.4, 0.5) is 5.69 Å². The Kier molecular flexibility index (Phi) is 3.59. The standard InChI is InChI=1S/C19H25NO2/c1-2-22-19(21)14-3-5-17(6-4-14)20-18-15-8-12-7-13(10-15)11-16(18)9-12/h3-6,12-13,15-16,18,20H,2,7-11H2,1H3. The lowest BCUT2D eigenvalue weighted by molar-refractivity contribution is 0.00754. The molecule has 4 fully saturated rings. The van der Waals surface area contributed by atoms with Crippen molar-refractivity contribution in [2.75, 3.05) is 11.9 Å². The fraction of sp³-hybridized carbons (Fsp3) is 0.632. The van der Waals surface area contributed by atoms with Crippen molar-refractivity contribution < 1.29 is 9.53 Å². The highest BCUT2D eigenvalue weighted by Crippen LogP contribution is 2.54. The highest BCUT2D eigenvalue weighted by molar-refractivity contribution is 5.89. The van der Waals surface area contributed by atoms with Gasteiger partial charge in [-0.3, -0.25) is 0 Å². The second-order valence-corrected chi connectivity index (χ2v) is 7.40. The lowest BCUT2D eigenvalue weighted by Crippen LogP contribution is -2.51. The molecule has 4 saturated carbocycles. The first kappa shape index (κ1) is 14.1. The lowest BCUT2D eigenvalue weighted by atomic mass is 9.54. The first-order valence-electron chi connectivity index (χ1n) is 8.76. The number of carbonyl (C=O) groups is 1. The van der Waals surface area contributed by atoms with Crippen LogP contribution in [-0.2, 0) is 4.74 Å². The van der Waals surface area contributed by atoms with Crippen molar-refractivity contribution in [3.05, 3.63) is 29.8 Å². The molecule has 1 N–H and O–H groups in total. The van der Waals surface area contributed by atoms with Gasteiger partial charge in [-0.05, 0) is 87.0 Å². The molecule has 3 heteroatoms. The van der Waals surface area contributed by atoms with Crippen LogP contribution in [0.2, 0.25) is 0 Å². The molecule has 4 aliphatic carbocycles. The maximum Gasteiger partial charge on any atom is 0.338 e. The van der Waals surface area contributed by atoms with Gasteiger partial charge in [-0.15, -0.1) is 0 Å². The Hall–Kier alpha value is -1.51. The van der Waals surface area contributed by atoms with E-state index in [-0.39, 0.29) is 5.97 Å². The lowest BCUT2D eigenvalue weighted by Gasteiger charge is -2.54. The van der Waals surface area contributed by atoms with Crippen molar-refractivity contribution in [3.63, 3.8) is 0 Å². The minimum atomic E-state index is -0.233. The molecule has 0 aliphatic heterocycles. The SMILES string of the molecule is CCOC(=O)c1ccc(NC2C3CC4CC(C3)CC2C4)cc1. The monoisotopic (exact) mass is 299 g/mol. The minimum absolute atomic E-state index is 0.233. The molecule has 118 valence electrons. The van der Waals surface area contributed by atoms with E-state index < -0.39 is 0 Å². The summed E-state index contributed by atoms with van der Waals surface area (Å²) in [5, 5.41) is 3.77. The Morgan fingerprint density at radius 3 is 2.18 bits per heavy atom. The molecule has 4 aliphatic rings. The van der Waals surface area contributed by atoms with Crippen LogP contribution in [0.5, 0.6) is 0 Å². The molecular formula is C19H25NO2. The topological polar surface area (TPSA) is 38.3 Å². The number of esters is 1.